The Bertz CT molecular complexity index is 836. The van der Waals surface area contributed by atoms with Crippen LogP contribution in [0, 0.1) is 0 Å². The van der Waals surface area contributed by atoms with Crippen molar-refractivity contribution in [1.82, 2.24) is 0 Å². The SMILES string of the molecule is CN(C(=O)COC(=O)C=CC(=O)OCC(=O)N(C)c1ccccc1)c1ccccc1. The molecule has 0 unspecified atom stereocenters. The average Bonchev–Trinajstić information content (AvgIpc) is 2.79. The van der Waals surface area contributed by atoms with Crippen LogP contribution >= 0.6 is 0 Å². The van der Waals surface area contributed by atoms with Crippen LogP contribution in [0.1, 0.15) is 0 Å². The Morgan fingerprint density at radius 1 is 0.667 bits per heavy atom. The maximum Gasteiger partial charge on any atom is 0.331 e. The molecule has 2 aromatic carbocycles. The van der Waals surface area contributed by atoms with E-state index in [1.54, 1.807) is 62.6 Å². The maximum atomic E-state index is 12.0. The zero-order valence-electron chi connectivity index (χ0n) is 16.7. The van der Waals surface area contributed by atoms with Crippen LogP contribution in [0.2, 0.25) is 0 Å². The van der Waals surface area contributed by atoms with E-state index in [4.69, 9.17) is 9.47 Å². The minimum Gasteiger partial charge on any atom is -0.452 e. The molecule has 30 heavy (non-hydrogen) atoms. The van der Waals surface area contributed by atoms with Gasteiger partial charge in [0.05, 0.1) is 0 Å². The molecule has 0 heterocycles. The molecule has 2 amide bonds. The third-order valence-electron chi connectivity index (χ3n) is 4.07. The van der Waals surface area contributed by atoms with Crippen LogP contribution in [0.15, 0.2) is 72.8 Å². The molecule has 8 nitrogen and oxygen atoms in total. The molecule has 0 aliphatic carbocycles. The van der Waals surface area contributed by atoms with Crippen LogP contribution in [-0.4, -0.2) is 51.1 Å². The van der Waals surface area contributed by atoms with E-state index in [0.29, 0.717) is 11.4 Å². The van der Waals surface area contributed by atoms with Gasteiger partial charge in [-0.3, -0.25) is 9.59 Å². The highest BCUT2D eigenvalue weighted by atomic mass is 16.5. The summed E-state index contributed by atoms with van der Waals surface area (Å²) >= 11 is 0. The van der Waals surface area contributed by atoms with Crippen LogP contribution in [0.3, 0.4) is 0 Å². The largest absolute Gasteiger partial charge is 0.452 e. The van der Waals surface area contributed by atoms with Crippen LogP contribution < -0.4 is 9.80 Å². The van der Waals surface area contributed by atoms with Gasteiger partial charge < -0.3 is 19.3 Å². The van der Waals surface area contributed by atoms with E-state index < -0.39 is 37.0 Å². The minimum absolute atomic E-state index is 0.430. The average molecular weight is 410 g/mol. The van der Waals surface area contributed by atoms with Crippen molar-refractivity contribution in [3.63, 3.8) is 0 Å². The fourth-order valence-electron chi connectivity index (χ4n) is 2.28. The lowest BCUT2D eigenvalue weighted by Crippen LogP contribution is -2.31. The molecule has 0 saturated heterocycles. The highest BCUT2D eigenvalue weighted by Crippen LogP contribution is 2.12. The molecule has 0 N–H and O–H groups in total. The van der Waals surface area contributed by atoms with Gasteiger partial charge in [0, 0.05) is 37.6 Å². The van der Waals surface area contributed by atoms with Crippen LogP contribution in [0.5, 0.6) is 0 Å². The maximum absolute atomic E-state index is 12.0. The highest BCUT2D eigenvalue weighted by Gasteiger charge is 2.14. The lowest BCUT2D eigenvalue weighted by Gasteiger charge is -2.16. The Labute approximate surface area is 174 Å². The number of hydrogen-bond donors (Lipinski definition) is 0. The first-order valence-electron chi connectivity index (χ1n) is 9.03. The number of rotatable bonds is 8. The second-order valence-corrected chi connectivity index (χ2v) is 6.13. The van der Waals surface area contributed by atoms with E-state index >= 15 is 0 Å². The van der Waals surface area contributed by atoms with E-state index in [9.17, 15) is 19.2 Å². The third-order valence-corrected chi connectivity index (χ3v) is 4.07. The number of esters is 2. The Morgan fingerprint density at radius 3 is 1.33 bits per heavy atom. The van der Waals surface area contributed by atoms with Gasteiger partial charge in [0.15, 0.2) is 13.2 Å². The molecule has 0 aliphatic rings. The lowest BCUT2D eigenvalue weighted by molar-refractivity contribution is -0.144. The van der Waals surface area contributed by atoms with Gasteiger partial charge >= 0.3 is 11.9 Å². The number of carbonyl (C=O) groups excluding carboxylic acids is 4. The molecule has 0 aliphatic heterocycles. The number of anilines is 2. The summed E-state index contributed by atoms with van der Waals surface area (Å²) in [6, 6.07) is 17.7. The molecule has 0 radical (unpaired) electrons. The summed E-state index contributed by atoms with van der Waals surface area (Å²) in [6.45, 7) is -0.964. The molecule has 0 atom stereocenters. The second kappa shape index (κ2) is 11.2. The Kier molecular flexibility index (Phi) is 8.31. The first-order valence-corrected chi connectivity index (χ1v) is 9.03. The first kappa shape index (κ1) is 22.4. The predicted octanol–water partition coefficient (Wildman–Crippen LogP) is 1.96. The number of para-hydroxylation sites is 2. The summed E-state index contributed by atoms with van der Waals surface area (Å²) in [6.07, 6.45) is 1.67. The van der Waals surface area contributed by atoms with E-state index in [1.165, 1.54) is 9.80 Å². The third kappa shape index (κ3) is 6.90. The van der Waals surface area contributed by atoms with E-state index in [0.717, 1.165) is 12.2 Å². The molecule has 2 rings (SSSR count). The van der Waals surface area contributed by atoms with E-state index in [1.807, 2.05) is 12.1 Å². The van der Waals surface area contributed by atoms with E-state index in [-0.39, 0.29) is 0 Å². The molecular weight excluding hydrogens is 388 g/mol. The topological polar surface area (TPSA) is 93.2 Å². The zero-order chi connectivity index (χ0) is 21.9. The number of nitrogens with zero attached hydrogens (tertiary/aromatic N) is 2. The summed E-state index contributed by atoms with van der Waals surface area (Å²) in [5.41, 5.74) is 1.31. The number of ether oxygens (including phenoxy) is 2. The molecule has 0 fully saturated rings. The van der Waals surface area contributed by atoms with Gasteiger partial charge in [0.1, 0.15) is 0 Å². The number of amides is 2. The number of carbonyl (C=O) groups is 4. The van der Waals surface area contributed by atoms with E-state index in [2.05, 4.69) is 0 Å². The normalized spacial score (nSPS) is 10.3. The van der Waals surface area contributed by atoms with Gasteiger partial charge in [-0.25, -0.2) is 9.59 Å². The van der Waals surface area contributed by atoms with Gasteiger partial charge in [0.25, 0.3) is 11.8 Å². The molecule has 8 heteroatoms. The number of hydrogen-bond acceptors (Lipinski definition) is 6. The van der Waals surface area contributed by atoms with Crippen molar-refractivity contribution in [3.8, 4) is 0 Å². The van der Waals surface area contributed by atoms with Crippen LogP contribution in [-0.2, 0) is 28.7 Å². The van der Waals surface area contributed by atoms with Gasteiger partial charge in [-0.05, 0) is 24.3 Å². The summed E-state index contributed by atoms with van der Waals surface area (Å²) in [7, 11) is 3.12. The van der Waals surface area contributed by atoms with Gasteiger partial charge in [0.2, 0.25) is 0 Å². The lowest BCUT2D eigenvalue weighted by atomic mass is 10.3. The van der Waals surface area contributed by atoms with Gasteiger partial charge in [-0.1, -0.05) is 36.4 Å². The van der Waals surface area contributed by atoms with Crippen molar-refractivity contribution in [2.24, 2.45) is 0 Å². The molecule has 0 saturated carbocycles. The Balaban J connectivity index is 1.73. The second-order valence-electron chi connectivity index (χ2n) is 6.13. The van der Waals surface area contributed by atoms with Crippen LogP contribution in [0.4, 0.5) is 11.4 Å². The Morgan fingerprint density at radius 2 is 1.00 bits per heavy atom. The standard InChI is InChI=1S/C22H22N2O6/c1-23(17-9-5-3-6-10-17)19(25)15-29-21(27)13-14-22(28)30-16-20(26)24(2)18-11-7-4-8-12-18/h3-14H,15-16H2,1-2H3. The van der Waals surface area contributed by atoms with Gasteiger partial charge in [-0.2, -0.15) is 0 Å². The number of benzene rings is 2. The van der Waals surface area contributed by atoms with Gasteiger partial charge in [-0.15, -0.1) is 0 Å². The molecular formula is C22H22N2O6. The minimum atomic E-state index is -0.880. The van der Waals surface area contributed by atoms with Crippen molar-refractivity contribution in [2.45, 2.75) is 0 Å². The quantitative estimate of drug-likeness (QED) is 0.488. The van der Waals surface area contributed by atoms with Crippen molar-refractivity contribution in [3.05, 3.63) is 72.8 Å². The molecule has 0 aromatic heterocycles. The smallest absolute Gasteiger partial charge is 0.331 e. The molecule has 156 valence electrons. The zero-order valence-corrected chi connectivity index (χ0v) is 16.7. The van der Waals surface area contributed by atoms with Crippen molar-refractivity contribution < 1.29 is 28.7 Å². The molecule has 2 aromatic rings. The Hall–Kier alpha value is -3.94. The fourth-order valence-corrected chi connectivity index (χ4v) is 2.28. The summed E-state index contributed by atoms with van der Waals surface area (Å²) in [5, 5.41) is 0. The number of likely N-dealkylation sites (N-methyl/N-ethyl adjacent to an activating group) is 2. The van der Waals surface area contributed by atoms with Crippen LogP contribution in [0.25, 0.3) is 0 Å². The summed E-state index contributed by atoms with van der Waals surface area (Å²) in [5.74, 6) is -2.62. The summed E-state index contributed by atoms with van der Waals surface area (Å²) < 4.78 is 9.64. The van der Waals surface area contributed by atoms with Crippen molar-refractivity contribution in [2.75, 3.05) is 37.1 Å². The fraction of sp³-hybridized carbons (Fsp3) is 0.182. The molecule has 0 spiro atoms. The van der Waals surface area contributed by atoms with Crippen molar-refractivity contribution >= 4 is 35.1 Å². The summed E-state index contributed by atoms with van der Waals surface area (Å²) in [4.78, 5) is 50.1. The highest BCUT2D eigenvalue weighted by molar-refractivity contribution is 5.98. The monoisotopic (exact) mass is 410 g/mol. The predicted molar refractivity (Wildman–Crippen MR) is 111 cm³/mol. The molecule has 0 bridgehead atoms. The van der Waals surface area contributed by atoms with Crippen molar-refractivity contribution in [1.29, 1.82) is 0 Å². The first-order chi connectivity index (χ1) is 14.4.